The highest BCUT2D eigenvalue weighted by Crippen LogP contribution is 2.15. The van der Waals surface area contributed by atoms with Crippen LogP contribution in [-0.4, -0.2) is 19.5 Å². The van der Waals surface area contributed by atoms with Gasteiger partial charge in [0.2, 0.25) is 5.28 Å². The molecule has 2 aromatic rings. The Kier molecular flexibility index (Phi) is 3.47. The van der Waals surface area contributed by atoms with E-state index >= 15 is 0 Å². The smallest absolute Gasteiger partial charge is 0.280 e. The Hall–Kier alpha value is -1.69. The first-order chi connectivity index (χ1) is 8.54. The van der Waals surface area contributed by atoms with Crippen molar-refractivity contribution in [2.24, 2.45) is 0 Å². The van der Waals surface area contributed by atoms with E-state index in [9.17, 15) is 4.79 Å². The van der Waals surface area contributed by atoms with Gasteiger partial charge in [-0.15, -0.1) is 0 Å². The molecule has 7 heteroatoms. The van der Waals surface area contributed by atoms with Gasteiger partial charge in [0.15, 0.2) is 11.3 Å². The maximum absolute atomic E-state index is 12.3. The standard InChI is InChI=1S/C11H14ClN5O/c1-3-4-5-17-6(2)14-7-8(10(17)18)15-11(12)16-9(7)13/h3-5H2,1-2H3,(H2,13,15,16). The number of nitrogens with zero attached hydrogens (tertiary/aromatic N) is 4. The summed E-state index contributed by atoms with van der Waals surface area (Å²) in [4.78, 5) is 24.3. The second-order valence-corrected chi connectivity index (χ2v) is 4.38. The second kappa shape index (κ2) is 4.89. The molecule has 0 amide bonds. The van der Waals surface area contributed by atoms with E-state index in [1.807, 2.05) is 0 Å². The number of hydrogen-bond acceptors (Lipinski definition) is 5. The number of nitrogens with two attached hydrogens (primary N) is 1. The largest absolute Gasteiger partial charge is 0.382 e. The highest BCUT2D eigenvalue weighted by molar-refractivity contribution is 6.28. The van der Waals surface area contributed by atoms with Crippen LogP contribution in [0.2, 0.25) is 5.28 Å². The summed E-state index contributed by atoms with van der Waals surface area (Å²) in [6.45, 7) is 4.45. The maximum Gasteiger partial charge on any atom is 0.280 e. The highest BCUT2D eigenvalue weighted by atomic mass is 35.5. The average molecular weight is 268 g/mol. The fraction of sp³-hybridized carbons (Fsp3) is 0.455. The molecule has 2 rings (SSSR count). The van der Waals surface area contributed by atoms with Crippen LogP contribution < -0.4 is 11.3 Å². The predicted molar refractivity (Wildman–Crippen MR) is 70.7 cm³/mol. The van der Waals surface area contributed by atoms with Crippen LogP contribution in [0.3, 0.4) is 0 Å². The Morgan fingerprint density at radius 3 is 2.67 bits per heavy atom. The third-order valence-electron chi connectivity index (χ3n) is 2.73. The van der Waals surface area contributed by atoms with Gasteiger partial charge in [-0.25, -0.2) is 9.97 Å². The first-order valence-electron chi connectivity index (χ1n) is 5.74. The number of aryl methyl sites for hydroxylation is 1. The Balaban J connectivity index is 2.73. The highest BCUT2D eigenvalue weighted by Gasteiger charge is 2.13. The minimum absolute atomic E-state index is 0.0372. The van der Waals surface area contributed by atoms with Crippen molar-refractivity contribution in [3.63, 3.8) is 0 Å². The van der Waals surface area contributed by atoms with Crippen molar-refractivity contribution in [3.05, 3.63) is 21.5 Å². The number of halogens is 1. The Bertz CT molecular complexity index is 652. The maximum atomic E-state index is 12.3. The molecule has 0 fully saturated rings. The van der Waals surface area contributed by atoms with Crippen LogP contribution in [0, 0.1) is 6.92 Å². The van der Waals surface area contributed by atoms with E-state index < -0.39 is 0 Å². The number of hydrogen-bond donors (Lipinski definition) is 1. The van der Waals surface area contributed by atoms with Gasteiger partial charge in [0.25, 0.3) is 5.56 Å². The topological polar surface area (TPSA) is 86.7 Å². The van der Waals surface area contributed by atoms with Gasteiger partial charge in [-0.05, 0) is 24.9 Å². The summed E-state index contributed by atoms with van der Waals surface area (Å²) >= 11 is 5.71. The summed E-state index contributed by atoms with van der Waals surface area (Å²) in [5.41, 5.74) is 5.97. The summed E-state index contributed by atoms with van der Waals surface area (Å²) in [5.74, 6) is 0.742. The van der Waals surface area contributed by atoms with E-state index in [1.54, 1.807) is 11.5 Å². The lowest BCUT2D eigenvalue weighted by atomic mass is 10.3. The minimum atomic E-state index is -0.220. The molecular formula is C11H14ClN5O. The summed E-state index contributed by atoms with van der Waals surface area (Å²) in [5, 5.41) is -0.0372. The number of nitrogen functional groups attached to an aromatic ring is 1. The van der Waals surface area contributed by atoms with Gasteiger partial charge in [0.05, 0.1) is 0 Å². The lowest BCUT2D eigenvalue weighted by molar-refractivity contribution is 0.590. The molecule has 0 bridgehead atoms. The molecule has 0 saturated heterocycles. The molecule has 0 aliphatic carbocycles. The van der Waals surface area contributed by atoms with E-state index in [1.165, 1.54) is 0 Å². The zero-order chi connectivity index (χ0) is 13.3. The molecule has 0 unspecified atom stereocenters. The number of aromatic nitrogens is 4. The van der Waals surface area contributed by atoms with Gasteiger partial charge in [-0.3, -0.25) is 9.36 Å². The SMILES string of the molecule is CCCCn1c(C)nc2c(N)nc(Cl)nc2c1=O. The molecule has 0 aliphatic rings. The zero-order valence-corrected chi connectivity index (χ0v) is 11.0. The summed E-state index contributed by atoms with van der Waals surface area (Å²) in [6.07, 6.45) is 1.90. The van der Waals surface area contributed by atoms with E-state index in [0.717, 1.165) is 12.8 Å². The quantitative estimate of drug-likeness (QED) is 0.852. The number of rotatable bonds is 3. The van der Waals surface area contributed by atoms with Gasteiger partial charge >= 0.3 is 0 Å². The van der Waals surface area contributed by atoms with E-state index in [4.69, 9.17) is 17.3 Å². The molecule has 0 saturated carbocycles. The van der Waals surface area contributed by atoms with Gasteiger partial charge in [-0.2, -0.15) is 4.98 Å². The number of anilines is 1. The molecule has 2 aromatic heterocycles. The van der Waals surface area contributed by atoms with Crippen molar-refractivity contribution in [1.82, 2.24) is 19.5 Å². The van der Waals surface area contributed by atoms with Crippen LogP contribution >= 0.6 is 11.6 Å². The predicted octanol–water partition coefficient (Wildman–Crippen LogP) is 1.53. The molecule has 2 heterocycles. The Labute approximate surface area is 109 Å². The summed E-state index contributed by atoms with van der Waals surface area (Å²) in [7, 11) is 0. The first-order valence-corrected chi connectivity index (χ1v) is 6.12. The van der Waals surface area contributed by atoms with Gasteiger partial charge in [0, 0.05) is 6.54 Å². The molecule has 2 N–H and O–H groups in total. The normalized spacial score (nSPS) is 11.1. The molecule has 96 valence electrons. The monoisotopic (exact) mass is 267 g/mol. The van der Waals surface area contributed by atoms with Crippen molar-refractivity contribution in [1.29, 1.82) is 0 Å². The lowest BCUT2D eigenvalue weighted by Crippen LogP contribution is -2.25. The van der Waals surface area contributed by atoms with E-state index in [-0.39, 0.29) is 22.2 Å². The molecule has 18 heavy (non-hydrogen) atoms. The molecule has 0 aromatic carbocycles. The van der Waals surface area contributed by atoms with Crippen molar-refractivity contribution in [3.8, 4) is 0 Å². The minimum Gasteiger partial charge on any atom is -0.382 e. The van der Waals surface area contributed by atoms with Gasteiger partial charge < -0.3 is 5.73 Å². The van der Waals surface area contributed by atoms with Gasteiger partial charge in [-0.1, -0.05) is 13.3 Å². The average Bonchev–Trinajstić information content (AvgIpc) is 2.31. The van der Waals surface area contributed by atoms with Crippen LogP contribution in [0.5, 0.6) is 0 Å². The van der Waals surface area contributed by atoms with Crippen molar-refractivity contribution >= 4 is 28.5 Å². The first kappa shape index (κ1) is 12.8. The third-order valence-corrected chi connectivity index (χ3v) is 2.90. The van der Waals surface area contributed by atoms with E-state index in [2.05, 4.69) is 21.9 Å². The molecule has 6 nitrogen and oxygen atoms in total. The fourth-order valence-electron chi connectivity index (χ4n) is 1.78. The van der Waals surface area contributed by atoms with Crippen molar-refractivity contribution in [2.45, 2.75) is 33.2 Å². The van der Waals surface area contributed by atoms with Crippen LogP contribution in [-0.2, 0) is 6.54 Å². The Morgan fingerprint density at radius 2 is 2.00 bits per heavy atom. The number of unbranched alkanes of at least 4 members (excludes halogenated alkanes) is 1. The Morgan fingerprint density at radius 1 is 1.28 bits per heavy atom. The number of fused-ring (bicyclic) bond motifs is 1. The van der Waals surface area contributed by atoms with E-state index in [0.29, 0.717) is 17.9 Å². The van der Waals surface area contributed by atoms with Crippen LogP contribution in [0.15, 0.2) is 4.79 Å². The summed E-state index contributed by atoms with van der Waals surface area (Å²) in [6, 6.07) is 0. The third kappa shape index (κ3) is 2.15. The molecular weight excluding hydrogens is 254 g/mol. The van der Waals surface area contributed by atoms with Crippen molar-refractivity contribution < 1.29 is 0 Å². The molecule has 0 atom stereocenters. The molecule has 0 spiro atoms. The fourth-order valence-corrected chi connectivity index (χ4v) is 1.96. The molecule has 0 radical (unpaired) electrons. The zero-order valence-electron chi connectivity index (χ0n) is 10.3. The van der Waals surface area contributed by atoms with Crippen molar-refractivity contribution in [2.75, 3.05) is 5.73 Å². The van der Waals surface area contributed by atoms with Crippen LogP contribution in [0.25, 0.3) is 11.0 Å². The summed E-state index contributed by atoms with van der Waals surface area (Å²) < 4.78 is 1.59. The lowest BCUT2D eigenvalue weighted by Gasteiger charge is -2.10. The van der Waals surface area contributed by atoms with Crippen LogP contribution in [0.4, 0.5) is 5.82 Å². The van der Waals surface area contributed by atoms with Gasteiger partial charge in [0.1, 0.15) is 11.3 Å². The second-order valence-electron chi connectivity index (χ2n) is 4.04. The molecule has 0 aliphatic heterocycles. The van der Waals surface area contributed by atoms with Crippen LogP contribution in [0.1, 0.15) is 25.6 Å².